The van der Waals surface area contributed by atoms with Crippen LogP contribution in [0, 0.1) is 5.92 Å². The molecule has 0 aromatic carbocycles. The zero-order valence-electron chi connectivity index (χ0n) is 9.16. The van der Waals surface area contributed by atoms with Gasteiger partial charge in [-0.15, -0.1) is 0 Å². The number of aromatic nitrogens is 1. The maximum absolute atomic E-state index is 5.51. The summed E-state index contributed by atoms with van der Waals surface area (Å²) in [5.74, 6) is 0.699. The van der Waals surface area contributed by atoms with Gasteiger partial charge in [0, 0.05) is 6.54 Å². The molecule has 4 heteroatoms. The highest BCUT2D eigenvalue weighted by atomic mass is 16.6. The monoisotopic (exact) mass is 210 g/mol. The number of ether oxygens (including phenoxy) is 1. The Bertz CT molecular complexity index is 293. The van der Waals surface area contributed by atoms with Crippen LogP contribution in [0.4, 0.5) is 0 Å². The summed E-state index contributed by atoms with van der Waals surface area (Å²) in [5, 5.41) is 3.02. The fourth-order valence-corrected chi connectivity index (χ4v) is 1.98. The second-order valence-electron chi connectivity index (χ2n) is 4.10. The van der Waals surface area contributed by atoms with Gasteiger partial charge in [-0.3, -0.25) is 0 Å². The highest BCUT2D eigenvalue weighted by molar-refractivity contribution is 4.99. The second-order valence-corrected chi connectivity index (χ2v) is 4.10. The highest BCUT2D eigenvalue weighted by Gasteiger charge is 2.16. The molecule has 0 saturated heterocycles. The molecule has 1 aromatic rings. The molecule has 0 aliphatic heterocycles. The van der Waals surface area contributed by atoms with Gasteiger partial charge in [0.1, 0.15) is 6.26 Å². The van der Waals surface area contributed by atoms with Crippen molar-refractivity contribution >= 4 is 0 Å². The van der Waals surface area contributed by atoms with E-state index in [-0.39, 0.29) is 0 Å². The first-order valence-electron chi connectivity index (χ1n) is 5.60. The average molecular weight is 210 g/mol. The Morgan fingerprint density at radius 3 is 3.07 bits per heavy atom. The summed E-state index contributed by atoms with van der Waals surface area (Å²) in [6.07, 6.45) is 7.29. The van der Waals surface area contributed by atoms with Crippen molar-refractivity contribution in [3.8, 4) is 6.08 Å². The van der Waals surface area contributed by atoms with Crippen LogP contribution < -0.4 is 10.1 Å². The van der Waals surface area contributed by atoms with Crippen LogP contribution >= 0.6 is 0 Å². The van der Waals surface area contributed by atoms with E-state index < -0.39 is 0 Å². The van der Waals surface area contributed by atoms with Gasteiger partial charge in [0.15, 0.2) is 0 Å². The lowest BCUT2D eigenvalue weighted by Crippen LogP contribution is -2.08. The van der Waals surface area contributed by atoms with Gasteiger partial charge in [-0.2, -0.15) is 4.98 Å². The summed E-state index contributed by atoms with van der Waals surface area (Å²) in [4.78, 5) is 4.21. The van der Waals surface area contributed by atoms with E-state index in [0.29, 0.717) is 12.0 Å². The third kappa shape index (κ3) is 2.96. The SMILES string of the molecule is CNCc1coc(OCC2CCCC2)n1. The Balaban J connectivity index is 1.77. The van der Waals surface area contributed by atoms with Crippen molar-refractivity contribution in [1.29, 1.82) is 0 Å². The summed E-state index contributed by atoms with van der Waals surface area (Å²) in [6.45, 7) is 1.47. The molecule has 0 amide bonds. The number of nitrogens with one attached hydrogen (secondary N) is 1. The molecule has 0 spiro atoms. The van der Waals surface area contributed by atoms with Gasteiger partial charge in [-0.1, -0.05) is 12.8 Å². The molecular formula is C11H18N2O2. The molecule has 1 heterocycles. The first-order chi connectivity index (χ1) is 7.38. The van der Waals surface area contributed by atoms with Crippen LogP contribution in [0.25, 0.3) is 0 Å². The van der Waals surface area contributed by atoms with Gasteiger partial charge in [0.25, 0.3) is 0 Å². The molecule has 1 fully saturated rings. The lowest BCUT2D eigenvalue weighted by Gasteiger charge is -2.07. The number of hydrogen-bond acceptors (Lipinski definition) is 4. The summed E-state index contributed by atoms with van der Waals surface area (Å²) in [6, 6.07) is 0. The molecule has 2 rings (SSSR count). The minimum atomic E-state index is 0.409. The van der Waals surface area contributed by atoms with E-state index in [4.69, 9.17) is 9.15 Å². The third-order valence-corrected chi connectivity index (χ3v) is 2.81. The lowest BCUT2D eigenvalue weighted by atomic mass is 10.1. The second kappa shape index (κ2) is 5.16. The van der Waals surface area contributed by atoms with Gasteiger partial charge >= 0.3 is 6.08 Å². The van der Waals surface area contributed by atoms with Crippen LogP contribution in [-0.4, -0.2) is 18.6 Å². The average Bonchev–Trinajstić information content (AvgIpc) is 2.85. The molecule has 1 N–H and O–H groups in total. The Labute approximate surface area is 90.0 Å². The normalized spacial score (nSPS) is 17.1. The van der Waals surface area contributed by atoms with Crippen LogP contribution in [0.15, 0.2) is 10.7 Å². The van der Waals surface area contributed by atoms with E-state index in [2.05, 4.69) is 10.3 Å². The summed E-state index contributed by atoms with van der Waals surface area (Å²) < 4.78 is 10.7. The quantitative estimate of drug-likeness (QED) is 0.807. The molecule has 0 bridgehead atoms. The third-order valence-electron chi connectivity index (χ3n) is 2.81. The zero-order valence-corrected chi connectivity index (χ0v) is 9.16. The van der Waals surface area contributed by atoms with Crippen molar-refractivity contribution in [2.75, 3.05) is 13.7 Å². The Morgan fingerprint density at radius 2 is 2.33 bits per heavy atom. The van der Waals surface area contributed by atoms with E-state index in [9.17, 15) is 0 Å². The van der Waals surface area contributed by atoms with Gasteiger partial charge in [0.05, 0.1) is 12.3 Å². The maximum Gasteiger partial charge on any atom is 0.393 e. The van der Waals surface area contributed by atoms with Gasteiger partial charge in [0.2, 0.25) is 0 Å². The van der Waals surface area contributed by atoms with Gasteiger partial charge < -0.3 is 14.5 Å². The molecule has 1 aromatic heterocycles. The van der Waals surface area contributed by atoms with Crippen molar-refractivity contribution < 1.29 is 9.15 Å². The Hall–Kier alpha value is -1.03. The Kier molecular flexibility index (Phi) is 3.61. The van der Waals surface area contributed by atoms with Crippen LogP contribution in [0.5, 0.6) is 6.08 Å². The predicted molar refractivity (Wildman–Crippen MR) is 56.7 cm³/mol. The standard InChI is InChI=1S/C11H18N2O2/c1-12-6-10-8-15-11(13-10)14-7-9-4-2-3-5-9/h8-9,12H,2-7H2,1H3. The predicted octanol–water partition coefficient (Wildman–Crippen LogP) is 1.96. The molecule has 4 nitrogen and oxygen atoms in total. The zero-order chi connectivity index (χ0) is 10.5. The van der Waals surface area contributed by atoms with E-state index in [0.717, 1.165) is 18.8 Å². The van der Waals surface area contributed by atoms with Crippen LogP contribution in [-0.2, 0) is 6.54 Å². The molecule has 0 unspecified atom stereocenters. The molecule has 0 atom stereocenters. The molecular weight excluding hydrogens is 192 g/mol. The number of hydrogen-bond donors (Lipinski definition) is 1. The van der Waals surface area contributed by atoms with Crippen molar-refractivity contribution in [2.45, 2.75) is 32.2 Å². The molecule has 1 aliphatic carbocycles. The minimum Gasteiger partial charge on any atom is -0.450 e. The van der Waals surface area contributed by atoms with E-state index >= 15 is 0 Å². The van der Waals surface area contributed by atoms with E-state index in [1.807, 2.05) is 7.05 Å². The van der Waals surface area contributed by atoms with E-state index in [1.165, 1.54) is 25.7 Å². The summed E-state index contributed by atoms with van der Waals surface area (Å²) >= 11 is 0. The Morgan fingerprint density at radius 1 is 1.53 bits per heavy atom. The van der Waals surface area contributed by atoms with Crippen molar-refractivity contribution in [3.05, 3.63) is 12.0 Å². The van der Waals surface area contributed by atoms with Crippen molar-refractivity contribution in [2.24, 2.45) is 5.92 Å². The highest BCUT2D eigenvalue weighted by Crippen LogP contribution is 2.25. The molecule has 15 heavy (non-hydrogen) atoms. The molecule has 1 saturated carbocycles. The smallest absolute Gasteiger partial charge is 0.393 e. The molecule has 0 radical (unpaired) electrons. The number of oxazole rings is 1. The van der Waals surface area contributed by atoms with Gasteiger partial charge in [-0.25, -0.2) is 0 Å². The van der Waals surface area contributed by atoms with Crippen LogP contribution in [0.3, 0.4) is 0 Å². The topological polar surface area (TPSA) is 47.3 Å². The number of rotatable bonds is 5. The molecule has 1 aliphatic rings. The maximum atomic E-state index is 5.51. The van der Waals surface area contributed by atoms with Crippen LogP contribution in [0.2, 0.25) is 0 Å². The van der Waals surface area contributed by atoms with Crippen molar-refractivity contribution in [3.63, 3.8) is 0 Å². The minimum absolute atomic E-state index is 0.409. The first kappa shape index (κ1) is 10.5. The first-order valence-corrected chi connectivity index (χ1v) is 5.60. The van der Waals surface area contributed by atoms with Crippen molar-refractivity contribution in [1.82, 2.24) is 10.3 Å². The largest absolute Gasteiger partial charge is 0.450 e. The summed E-state index contributed by atoms with van der Waals surface area (Å²) in [5.41, 5.74) is 0.888. The fourth-order valence-electron chi connectivity index (χ4n) is 1.98. The van der Waals surface area contributed by atoms with Gasteiger partial charge in [-0.05, 0) is 25.8 Å². The van der Waals surface area contributed by atoms with E-state index in [1.54, 1.807) is 6.26 Å². The summed E-state index contributed by atoms with van der Waals surface area (Å²) in [7, 11) is 1.88. The molecule has 84 valence electrons. The number of nitrogens with zero attached hydrogens (tertiary/aromatic N) is 1. The fraction of sp³-hybridized carbons (Fsp3) is 0.727. The lowest BCUT2D eigenvalue weighted by molar-refractivity contribution is 0.190. The van der Waals surface area contributed by atoms with Crippen LogP contribution in [0.1, 0.15) is 31.4 Å².